The number of esters is 1. The summed E-state index contributed by atoms with van der Waals surface area (Å²) in [4.78, 5) is 25.3. The number of rotatable bonds is 5. The number of carbonyl (C=O) groups is 2. The van der Waals surface area contributed by atoms with E-state index >= 15 is 0 Å². The van der Waals surface area contributed by atoms with Gasteiger partial charge < -0.3 is 15.4 Å². The lowest BCUT2D eigenvalue weighted by Gasteiger charge is -2.22. The standard InChI is InChI=1S/C14H18F2N2O3/c1-4-18(5-2)13(19)8(3)21-14(20)9-6-12(17)11(16)7-10(9)15/h6-8H,4-5,17H2,1-3H3. The van der Waals surface area contributed by atoms with Crippen molar-refractivity contribution in [1.29, 1.82) is 0 Å². The van der Waals surface area contributed by atoms with E-state index in [0.717, 1.165) is 6.07 Å². The van der Waals surface area contributed by atoms with Crippen molar-refractivity contribution in [3.05, 3.63) is 29.3 Å². The number of halogens is 2. The van der Waals surface area contributed by atoms with Crippen LogP contribution in [0.3, 0.4) is 0 Å². The quantitative estimate of drug-likeness (QED) is 0.666. The summed E-state index contributed by atoms with van der Waals surface area (Å²) in [5.41, 5.74) is 4.41. The maximum atomic E-state index is 13.5. The second-order valence-electron chi connectivity index (χ2n) is 4.41. The Balaban J connectivity index is 2.86. The number of hydrogen-bond acceptors (Lipinski definition) is 4. The Morgan fingerprint density at radius 2 is 1.81 bits per heavy atom. The molecule has 21 heavy (non-hydrogen) atoms. The Bertz CT molecular complexity index is 545. The summed E-state index contributed by atoms with van der Waals surface area (Å²) in [6, 6.07) is 1.35. The number of ether oxygens (including phenoxy) is 1. The monoisotopic (exact) mass is 300 g/mol. The Labute approximate surface area is 121 Å². The zero-order chi connectivity index (χ0) is 16.2. The van der Waals surface area contributed by atoms with Gasteiger partial charge in [0.05, 0.1) is 11.3 Å². The predicted molar refractivity (Wildman–Crippen MR) is 73.6 cm³/mol. The number of benzene rings is 1. The van der Waals surface area contributed by atoms with Crippen molar-refractivity contribution in [2.45, 2.75) is 26.9 Å². The van der Waals surface area contributed by atoms with Crippen LogP contribution in [0, 0.1) is 11.6 Å². The minimum atomic E-state index is -1.09. The highest BCUT2D eigenvalue weighted by Gasteiger charge is 2.24. The van der Waals surface area contributed by atoms with Gasteiger partial charge in [-0.05, 0) is 26.8 Å². The van der Waals surface area contributed by atoms with Gasteiger partial charge in [-0.15, -0.1) is 0 Å². The summed E-state index contributed by atoms with van der Waals surface area (Å²) >= 11 is 0. The minimum absolute atomic E-state index is 0.369. The zero-order valence-corrected chi connectivity index (χ0v) is 12.2. The average Bonchev–Trinajstić information content (AvgIpc) is 2.43. The molecule has 0 heterocycles. The summed E-state index contributed by atoms with van der Waals surface area (Å²) in [7, 11) is 0. The molecule has 1 rings (SSSR count). The van der Waals surface area contributed by atoms with Crippen LogP contribution in [-0.4, -0.2) is 36.0 Å². The number of likely N-dealkylation sites (N-methyl/N-ethyl adjacent to an activating group) is 1. The Kier molecular flexibility index (Phi) is 5.63. The van der Waals surface area contributed by atoms with Crippen molar-refractivity contribution in [2.24, 2.45) is 0 Å². The number of hydrogen-bond donors (Lipinski definition) is 1. The first kappa shape index (κ1) is 16.9. The molecule has 1 unspecified atom stereocenters. The van der Waals surface area contributed by atoms with Crippen molar-refractivity contribution in [3.8, 4) is 0 Å². The summed E-state index contributed by atoms with van der Waals surface area (Å²) in [6.45, 7) is 5.90. The van der Waals surface area contributed by atoms with Gasteiger partial charge in [0.25, 0.3) is 5.91 Å². The third-order valence-electron chi connectivity index (χ3n) is 3.01. The van der Waals surface area contributed by atoms with E-state index < -0.39 is 29.3 Å². The molecule has 0 saturated carbocycles. The number of nitrogens with two attached hydrogens (primary N) is 1. The van der Waals surface area contributed by atoms with Crippen LogP contribution in [0.4, 0.5) is 14.5 Å². The second-order valence-corrected chi connectivity index (χ2v) is 4.41. The predicted octanol–water partition coefficient (Wildman–Crippen LogP) is 1.96. The molecular formula is C14H18F2N2O3. The van der Waals surface area contributed by atoms with Crippen LogP contribution in [0.25, 0.3) is 0 Å². The highest BCUT2D eigenvalue weighted by molar-refractivity contribution is 5.93. The summed E-state index contributed by atoms with van der Waals surface area (Å²) in [6.07, 6.45) is -1.07. The number of anilines is 1. The molecule has 5 nitrogen and oxygen atoms in total. The molecule has 0 fully saturated rings. The third-order valence-corrected chi connectivity index (χ3v) is 3.01. The largest absolute Gasteiger partial charge is 0.449 e. The fourth-order valence-corrected chi connectivity index (χ4v) is 1.79. The molecule has 7 heteroatoms. The van der Waals surface area contributed by atoms with Gasteiger partial charge in [0.15, 0.2) is 6.10 Å². The first-order valence-electron chi connectivity index (χ1n) is 6.56. The van der Waals surface area contributed by atoms with Gasteiger partial charge in [0, 0.05) is 19.2 Å². The molecule has 0 spiro atoms. The Hall–Kier alpha value is -2.18. The van der Waals surface area contributed by atoms with Crippen molar-refractivity contribution >= 4 is 17.6 Å². The van der Waals surface area contributed by atoms with Crippen molar-refractivity contribution in [2.75, 3.05) is 18.8 Å². The van der Waals surface area contributed by atoms with E-state index in [1.54, 1.807) is 13.8 Å². The van der Waals surface area contributed by atoms with Gasteiger partial charge in [0.2, 0.25) is 0 Å². The van der Waals surface area contributed by atoms with Crippen molar-refractivity contribution in [3.63, 3.8) is 0 Å². The number of nitrogen functional groups attached to an aromatic ring is 1. The van der Waals surface area contributed by atoms with E-state index in [2.05, 4.69) is 0 Å². The zero-order valence-electron chi connectivity index (χ0n) is 12.2. The highest BCUT2D eigenvalue weighted by atomic mass is 19.1. The van der Waals surface area contributed by atoms with Gasteiger partial charge in [-0.1, -0.05) is 0 Å². The molecule has 0 radical (unpaired) electrons. The molecule has 1 aromatic rings. The fraction of sp³-hybridized carbons (Fsp3) is 0.429. The van der Waals surface area contributed by atoms with Crippen LogP contribution in [-0.2, 0) is 9.53 Å². The van der Waals surface area contributed by atoms with Gasteiger partial charge >= 0.3 is 5.97 Å². The molecule has 0 aromatic heterocycles. The summed E-state index contributed by atoms with van der Waals surface area (Å²) in [5, 5.41) is 0. The molecule has 0 aliphatic carbocycles. The van der Waals surface area contributed by atoms with Crippen molar-refractivity contribution < 1.29 is 23.1 Å². The number of carbonyl (C=O) groups excluding carboxylic acids is 2. The molecule has 0 aliphatic rings. The summed E-state index contributed by atoms with van der Waals surface area (Å²) in [5.74, 6) is -3.50. The molecule has 2 N–H and O–H groups in total. The maximum Gasteiger partial charge on any atom is 0.341 e. The minimum Gasteiger partial charge on any atom is -0.449 e. The van der Waals surface area contributed by atoms with Crippen molar-refractivity contribution in [1.82, 2.24) is 4.90 Å². The molecule has 1 atom stereocenters. The van der Waals surface area contributed by atoms with Gasteiger partial charge in [-0.3, -0.25) is 4.79 Å². The third kappa shape index (κ3) is 3.90. The molecule has 1 aromatic carbocycles. The maximum absolute atomic E-state index is 13.5. The molecular weight excluding hydrogens is 282 g/mol. The van der Waals surface area contributed by atoms with E-state index in [1.807, 2.05) is 0 Å². The number of nitrogens with zero attached hydrogens (tertiary/aromatic N) is 1. The van der Waals surface area contributed by atoms with Crippen LogP contribution in [0.2, 0.25) is 0 Å². The lowest BCUT2D eigenvalue weighted by molar-refractivity contribution is -0.139. The molecule has 1 amide bonds. The van der Waals surface area contributed by atoms with E-state index in [4.69, 9.17) is 10.5 Å². The first-order valence-corrected chi connectivity index (χ1v) is 6.56. The summed E-state index contributed by atoms with van der Waals surface area (Å²) < 4.78 is 31.5. The highest BCUT2D eigenvalue weighted by Crippen LogP contribution is 2.18. The Morgan fingerprint density at radius 1 is 1.24 bits per heavy atom. The molecule has 0 bridgehead atoms. The van der Waals surface area contributed by atoms with E-state index in [-0.39, 0.29) is 11.6 Å². The number of amides is 1. The lowest BCUT2D eigenvalue weighted by atomic mass is 10.2. The fourth-order valence-electron chi connectivity index (χ4n) is 1.79. The normalized spacial score (nSPS) is 11.9. The molecule has 0 saturated heterocycles. The van der Waals surface area contributed by atoms with E-state index in [1.165, 1.54) is 11.8 Å². The average molecular weight is 300 g/mol. The molecule has 116 valence electrons. The van der Waals surface area contributed by atoms with Crippen LogP contribution in [0.1, 0.15) is 31.1 Å². The SMILES string of the molecule is CCN(CC)C(=O)C(C)OC(=O)c1cc(N)c(F)cc1F. The van der Waals surface area contributed by atoms with Gasteiger partial charge in [0.1, 0.15) is 11.6 Å². The van der Waals surface area contributed by atoms with Gasteiger partial charge in [-0.25, -0.2) is 13.6 Å². The smallest absolute Gasteiger partial charge is 0.341 e. The Morgan fingerprint density at radius 3 is 2.33 bits per heavy atom. The second kappa shape index (κ2) is 7.01. The topological polar surface area (TPSA) is 72.6 Å². The van der Waals surface area contributed by atoms with Crippen LogP contribution >= 0.6 is 0 Å². The molecule has 0 aliphatic heterocycles. The lowest BCUT2D eigenvalue weighted by Crippen LogP contribution is -2.39. The van der Waals surface area contributed by atoms with Crippen LogP contribution < -0.4 is 5.73 Å². The van der Waals surface area contributed by atoms with Crippen LogP contribution in [0.5, 0.6) is 0 Å². The van der Waals surface area contributed by atoms with Gasteiger partial charge in [-0.2, -0.15) is 0 Å². The van der Waals surface area contributed by atoms with Crippen LogP contribution in [0.15, 0.2) is 12.1 Å². The van der Waals surface area contributed by atoms with E-state index in [0.29, 0.717) is 19.2 Å². The first-order chi connectivity index (χ1) is 9.81. The van der Waals surface area contributed by atoms with E-state index in [9.17, 15) is 18.4 Å².